The van der Waals surface area contributed by atoms with Crippen LogP contribution in [0.15, 0.2) is 0 Å². The first kappa shape index (κ1) is 25.7. The van der Waals surface area contributed by atoms with E-state index in [1.807, 2.05) is 0 Å². The van der Waals surface area contributed by atoms with Crippen molar-refractivity contribution in [3.63, 3.8) is 0 Å². The number of carbonyl (C=O) groups excluding carboxylic acids is 1. The van der Waals surface area contributed by atoms with Crippen LogP contribution in [0.1, 0.15) is 103 Å². The minimum absolute atomic E-state index is 0. The summed E-state index contributed by atoms with van der Waals surface area (Å²) >= 11 is 0. The number of aliphatic hydroxyl groups is 1. The molecule has 0 aromatic heterocycles. The molecular weight excluding hydrogens is 397 g/mol. The molecule has 0 heterocycles. The Bertz CT molecular complexity index is 234. The van der Waals surface area contributed by atoms with E-state index in [9.17, 15) is 15.0 Å². The first-order valence-electron chi connectivity index (χ1n) is 9.04. The van der Waals surface area contributed by atoms with Crippen molar-refractivity contribution in [1.29, 1.82) is 0 Å². The van der Waals surface area contributed by atoms with E-state index in [0.717, 1.165) is 38.5 Å². The predicted molar refractivity (Wildman–Crippen MR) is 85.9 cm³/mol. The zero-order valence-corrected chi connectivity index (χ0v) is 21.2. The molecule has 1 unspecified atom stereocenters. The Morgan fingerprint density at radius 2 is 1.23 bits per heavy atom. The Labute approximate surface area is 196 Å². The molecule has 0 saturated heterocycles. The second-order valence-corrected chi connectivity index (χ2v) is 6.24. The van der Waals surface area contributed by atoms with Crippen LogP contribution < -0.4 is 74.0 Å². The molecule has 0 aliphatic rings. The third kappa shape index (κ3) is 21.5. The van der Waals surface area contributed by atoms with Crippen molar-refractivity contribution in [3.8, 4) is 0 Å². The minimum atomic E-state index is -0.928. The van der Waals surface area contributed by atoms with E-state index >= 15 is 0 Å². The summed E-state index contributed by atoms with van der Waals surface area (Å²) in [6.07, 6.45) is 15.9. The van der Waals surface area contributed by atoms with Gasteiger partial charge in [0.1, 0.15) is 0 Å². The smallest absolute Gasteiger partial charge is 0.550 e. The Morgan fingerprint density at radius 3 is 1.68 bits per heavy atom. The van der Waals surface area contributed by atoms with Gasteiger partial charge in [0.05, 0.1) is 6.10 Å². The average Bonchev–Trinajstić information content (AvgIpc) is 2.45. The quantitative estimate of drug-likeness (QED) is 0.370. The molecular formula is C18H35CsO3. The Morgan fingerprint density at radius 1 is 0.818 bits per heavy atom. The first-order chi connectivity index (χ1) is 10.2. The number of aliphatic hydroxyl groups excluding tert-OH is 1. The van der Waals surface area contributed by atoms with Crippen LogP contribution >= 0.6 is 0 Å². The van der Waals surface area contributed by atoms with Crippen molar-refractivity contribution in [1.82, 2.24) is 0 Å². The Kier molecular flexibility index (Phi) is 24.0. The number of hydrogen-bond donors (Lipinski definition) is 1. The van der Waals surface area contributed by atoms with Crippen molar-refractivity contribution in [2.75, 3.05) is 0 Å². The second-order valence-electron chi connectivity index (χ2n) is 6.24. The summed E-state index contributed by atoms with van der Waals surface area (Å²) < 4.78 is 0. The SMILES string of the molecule is CCCCCCC(O)CCCCCCCCCCC(=O)[O-].[Cs+]. The molecule has 0 saturated carbocycles. The molecule has 3 nitrogen and oxygen atoms in total. The van der Waals surface area contributed by atoms with Crippen LogP contribution in [-0.4, -0.2) is 17.2 Å². The third-order valence-corrected chi connectivity index (χ3v) is 4.06. The van der Waals surface area contributed by atoms with Crippen molar-refractivity contribution >= 4 is 5.97 Å². The van der Waals surface area contributed by atoms with E-state index < -0.39 is 5.97 Å². The Hall–Kier alpha value is 1.48. The van der Waals surface area contributed by atoms with Crippen LogP contribution in [0, 0.1) is 0 Å². The molecule has 0 amide bonds. The van der Waals surface area contributed by atoms with Gasteiger partial charge >= 0.3 is 68.9 Å². The number of carboxylic acid groups (broad SMARTS) is 1. The standard InChI is InChI=1S/C18H36O3.Cs/c1-2-3-4-11-14-17(19)15-12-9-7-5-6-8-10-13-16-18(20)21;/h17,19H,2-16H2,1H3,(H,20,21);/q;+1/p-1. The van der Waals surface area contributed by atoms with Gasteiger partial charge in [-0.15, -0.1) is 0 Å². The number of carbonyl (C=O) groups is 1. The number of aliphatic carboxylic acids is 1. The summed E-state index contributed by atoms with van der Waals surface area (Å²) in [4.78, 5) is 10.2. The van der Waals surface area contributed by atoms with Gasteiger partial charge in [0, 0.05) is 5.97 Å². The molecule has 0 rings (SSSR count). The molecule has 0 aliphatic heterocycles. The van der Waals surface area contributed by atoms with Crippen molar-refractivity contribution in [3.05, 3.63) is 0 Å². The fourth-order valence-electron chi connectivity index (χ4n) is 2.66. The molecule has 0 bridgehead atoms. The molecule has 1 atom stereocenters. The van der Waals surface area contributed by atoms with Gasteiger partial charge in [0.15, 0.2) is 0 Å². The van der Waals surface area contributed by atoms with Gasteiger partial charge in [0.2, 0.25) is 0 Å². The largest absolute Gasteiger partial charge is 1.00 e. The van der Waals surface area contributed by atoms with Gasteiger partial charge in [-0.2, -0.15) is 0 Å². The molecule has 0 aromatic rings. The predicted octanol–water partition coefficient (Wildman–Crippen LogP) is 0.973. The number of rotatable bonds is 16. The van der Waals surface area contributed by atoms with Crippen molar-refractivity contribution < 1.29 is 83.9 Å². The van der Waals surface area contributed by atoms with Crippen LogP contribution in [-0.2, 0) is 4.79 Å². The first-order valence-corrected chi connectivity index (χ1v) is 9.04. The topological polar surface area (TPSA) is 60.4 Å². The fraction of sp³-hybridized carbons (Fsp3) is 0.944. The molecule has 22 heavy (non-hydrogen) atoms. The zero-order valence-electron chi connectivity index (χ0n) is 14.9. The molecule has 0 aromatic carbocycles. The van der Waals surface area contributed by atoms with Crippen LogP contribution in [0.2, 0.25) is 0 Å². The van der Waals surface area contributed by atoms with Crippen molar-refractivity contribution in [2.45, 2.75) is 109 Å². The second kappa shape index (κ2) is 20.5. The van der Waals surface area contributed by atoms with Gasteiger partial charge in [0.25, 0.3) is 0 Å². The van der Waals surface area contributed by atoms with Crippen molar-refractivity contribution in [2.24, 2.45) is 0 Å². The van der Waals surface area contributed by atoms with Crippen LogP contribution in [0.25, 0.3) is 0 Å². The molecule has 1 N–H and O–H groups in total. The molecule has 126 valence electrons. The number of hydrogen-bond acceptors (Lipinski definition) is 3. The normalized spacial score (nSPS) is 11.9. The van der Waals surface area contributed by atoms with Crippen LogP contribution in [0.3, 0.4) is 0 Å². The molecule has 4 heteroatoms. The molecule has 0 aliphatic carbocycles. The maximum absolute atomic E-state index is 10.2. The van der Waals surface area contributed by atoms with Gasteiger partial charge in [-0.25, -0.2) is 0 Å². The van der Waals surface area contributed by atoms with E-state index in [1.54, 1.807) is 0 Å². The monoisotopic (exact) mass is 432 g/mol. The summed E-state index contributed by atoms with van der Waals surface area (Å²) in [6.45, 7) is 2.21. The third-order valence-electron chi connectivity index (χ3n) is 4.06. The number of unbranched alkanes of at least 4 members (excludes halogenated alkanes) is 10. The molecule has 0 fully saturated rings. The van der Waals surface area contributed by atoms with Gasteiger partial charge in [-0.05, 0) is 25.7 Å². The summed E-state index contributed by atoms with van der Waals surface area (Å²) in [6, 6.07) is 0. The van der Waals surface area contributed by atoms with E-state index in [-0.39, 0.29) is 81.4 Å². The van der Waals surface area contributed by atoms with E-state index in [1.165, 1.54) is 51.4 Å². The van der Waals surface area contributed by atoms with Gasteiger partial charge in [-0.3, -0.25) is 0 Å². The summed E-state index contributed by atoms with van der Waals surface area (Å²) in [5.74, 6) is -0.928. The van der Waals surface area contributed by atoms with E-state index in [2.05, 4.69) is 6.92 Å². The zero-order chi connectivity index (χ0) is 15.8. The maximum Gasteiger partial charge on any atom is 1.00 e. The van der Waals surface area contributed by atoms with Gasteiger partial charge < -0.3 is 15.0 Å². The summed E-state index contributed by atoms with van der Waals surface area (Å²) in [5, 5.41) is 20.1. The summed E-state index contributed by atoms with van der Waals surface area (Å²) in [7, 11) is 0. The molecule has 0 radical (unpaired) electrons. The van der Waals surface area contributed by atoms with E-state index in [4.69, 9.17) is 0 Å². The summed E-state index contributed by atoms with van der Waals surface area (Å²) in [5.41, 5.74) is 0. The fourth-order valence-corrected chi connectivity index (χ4v) is 2.66. The van der Waals surface area contributed by atoms with Crippen LogP contribution in [0.5, 0.6) is 0 Å². The Balaban J connectivity index is 0. The number of carboxylic acids is 1. The van der Waals surface area contributed by atoms with E-state index in [0.29, 0.717) is 0 Å². The molecule has 0 spiro atoms. The minimum Gasteiger partial charge on any atom is -0.550 e. The average molecular weight is 432 g/mol. The van der Waals surface area contributed by atoms with Gasteiger partial charge in [-0.1, -0.05) is 77.6 Å². The van der Waals surface area contributed by atoms with Crippen LogP contribution in [0.4, 0.5) is 0 Å². The maximum atomic E-state index is 10.2.